The normalized spacial score (nSPS) is 16.4. The summed E-state index contributed by atoms with van der Waals surface area (Å²) in [7, 11) is -3.77. The summed E-state index contributed by atoms with van der Waals surface area (Å²) in [6, 6.07) is 7.30. The monoisotopic (exact) mass is 464 g/mol. The van der Waals surface area contributed by atoms with Gasteiger partial charge in [-0.25, -0.2) is 8.42 Å². The van der Waals surface area contributed by atoms with Gasteiger partial charge < -0.3 is 29.2 Å². The van der Waals surface area contributed by atoms with Crippen molar-refractivity contribution in [2.45, 2.75) is 4.90 Å². The number of amides is 1. The topological polar surface area (TPSA) is 141 Å². The molecule has 13 heteroatoms. The van der Waals surface area contributed by atoms with Crippen LogP contribution in [0.25, 0.3) is 0 Å². The third-order valence-electron chi connectivity index (χ3n) is 5.02. The summed E-state index contributed by atoms with van der Waals surface area (Å²) in [4.78, 5) is 27.9. The molecule has 1 saturated heterocycles. The van der Waals surface area contributed by atoms with E-state index in [0.29, 0.717) is 24.7 Å². The zero-order valence-electron chi connectivity index (χ0n) is 16.9. The number of benzene rings is 1. The Hall–Kier alpha value is -3.45. The molecular weight excluding hydrogens is 444 g/mol. The van der Waals surface area contributed by atoms with Gasteiger partial charge in [0.15, 0.2) is 18.1 Å². The molecule has 3 heterocycles. The fraction of sp³-hybridized carbons (Fsp3) is 0.368. The Balaban J connectivity index is 1.35. The summed E-state index contributed by atoms with van der Waals surface area (Å²) >= 11 is 0. The molecule has 2 aliphatic rings. The van der Waals surface area contributed by atoms with Crippen molar-refractivity contribution in [2.24, 2.45) is 0 Å². The van der Waals surface area contributed by atoms with Crippen LogP contribution >= 0.6 is 0 Å². The Labute approximate surface area is 183 Å². The van der Waals surface area contributed by atoms with Crippen LogP contribution in [-0.4, -0.2) is 79.4 Å². The first-order chi connectivity index (χ1) is 15.4. The van der Waals surface area contributed by atoms with Crippen LogP contribution in [0.3, 0.4) is 0 Å². The van der Waals surface area contributed by atoms with Gasteiger partial charge in [-0.05, 0) is 34.2 Å². The van der Waals surface area contributed by atoms with E-state index in [1.165, 1.54) is 39.7 Å². The number of carbonyl (C=O) groups is 1. The zero-order chi connectivity index (χ0) is 22.7. The van der Waals surface area contributed by atoms with Gasteiger partial charge in [0.05, 0.1) is 4.90 Å². The van der Waals surface area contributed by atoms with Gasteiger partial charge in [0.25, 0.3) is 5.91 Å². The first-order valence-corrected chi connectivity index (χ1v) is 11.2. The van der Waals surface area contributed by atoms with E-state index in [9.17, 15) is 23.3 Å². The summed E-state index contributed by atoms with van der Waals surface area (Å²) in [5.74, 6) is -0.104. The lowest BCUT2D eigenvalue weighted by Crippen LogP contribution is -2.51. The number of hydrogen-bond donors (Lipinski definition) is 0. The number of aromatic nitrogens is 1. The van der Waals surface area contributed by atoms with E-state index in [4.69, 9.17) is 14.2 Å². The zero-order valence-corrected chi connectivity index (χ0v) is 17.7. The van der Waals surface area contributed by atoms with Gasteiger partial charge in [-0.2, -0.15) is 4.31 Å². The molecule has 0 aliphatic carbocycles. The van der Waals surface area contributed by atoms with E-state index in [1.54, 1.807) is 6.07 Å². The largest absolute Gasteiger partial charge is 0.486 e. The molecule has 1 fully saturated rings. The van der Waals surface area contributed by atoms with Gasteiger partial charge in [-0.1, -0.05) is 0 Å². The molecule has 32 heavy (non-hydrogen) atoms. The fourth-order valence-corrected chi connectivity index (χ4v) is 4.81. The number of nitro groups is 1. The highest BCUT2D eigenvalue weighted by Gasteiger charge is 2.31. The molecule has 0 saturated carbocycles. The minimum Gasteiger partial charge on any atom is -0.486 e. The molecule has 0 unspecified atom stereocenters. The molecule has 12 nitrogen and oxygen atoms in total. The van der Waals surface area contributed by atoms with Gasteiger partial charge in [0.2, 0.25) is 15.8 Å². The Bertz CT molecular complexity index is 1130. The van der Waals surface area contributed by atoms with E-state index in [1.807, 2.05) is 0 Å². The number of carbonyl (C=O) groups excluding carboxylic acids is 1. The van der Waals surface area contributed by atoms with Crippen LogP contribution in [0, 0.1) is 10.1 Å². The molecule has 2 aromatic rings. The molecule has 0 N–H and O–H groups in total. The van der Waals surface area contributed by atoms with Crippen molar-refractivity contribution in [3.8, 4) is 17.2 Å². The van der Waals surface area contributed by atoms with E-state index < -0.39 is 33.3 Å². The smallest absolute Gasteiger partial charge is 0.406 e. The number of pyridine rings is 1. The molecule has 1 aromatic carbocycles. The number of fused-ring (bicyclic) bond motifs is 1. The third kappa shape index (κ3) is 4.43. The van der Waals surface area contributed by atoms with Crippen molar-refractivity contribution in [1.29, 1.82) is 0 Å². The number of hydrogen-bond acceptors (Lipinski definition) is 9. The van der Waals surface area contributed by atoms with E-state index in [0.717, 1.165) is 0 Å². The molecular formula is C19H20N4O8S. The lowest BCUT2D eigenvalue weighted by Gasteiger charge is -2.34. The van der Waals surface area contributed by atoms with Crippen molar-refractivity contribution in [3.63, 3.8) is 0 Å². The Morgan fingerprint density at radius 3 is 2.56 bits per heavy atom. The van der Waals surface area contributed by atoms with E-state index in [-0.39, 0.29) is 36.8 Å². The van der Waals surface area contributed by atoms with Crippen LogP contribution in [0.1, 0.15) is 0 Å². The second kappa shape index (κ2) is 8.96. The highest BCUT2D eigenvalue weighted by Crippen LogP contribution is 2.33. The average molecular weight is 464 g/mol. The van der Waals surface area contributed by atoms with Crippen LogP contribution in [0.5, 0.6) is 17.2 Å². The maximum atomic E-state index is 13.0. The van der Waals surface area contributed by atoms with E-state index >= 15 is 0 Å². The van der Waals surface area contributed by atoms with Gasteiger partial charge in [0, 0.05) is 32.2 Å². The van der Waals surface area contributed by atoms with Crippen molar-refractivity contribution in [2.75, 3.05) is 46.0 Å². The predicted octanol–water partition coefficient (Wildman–Crippen LogP) is 0.673. The number of ether oxygens (including phenoxy) is 3. The third-order valence-corrected chi connectivity index (χ3v) is 6.91. The highest BCUT2D eigenvalue weighted by molar-refractivity contribution is 7.89. The van der Waals surface area contributed by atoms with Crippen molar-refractivity contribution < 1.29 is 32.3 Å². The van der Waals surface area contributed by atoms with Crippen LogP contribution in [-0.2, 0) is 14.8 Å². The molecule has 1 aromatic heterocycles. The predicted molar refractivity (Wildman–Crippen MR) is 109 cm³/mol. The summed E-state index contributed by atoms with van der Waals surface area (Å²) < 4.78 is 43.4. The first kappa shape index (κ1) is 21.8. The summed E-state index contributed by atoms with van der Waals surface area (Å²) in [6.45, 7) is 0.892. The number of nitrogens with zero attached hydrogens (tertiary/aromatic N) is 4. The molecule has 170 valence electrons. The molecule has 4 rings (SSSR count). The van der Waals surface area contributed by atoms with Gasteiger partial charge in [0.1, 0.15) is 19.4 Å². The van der Waals surface area contributed by atoms with Gasteiger partial charge in [-0.15, -0.1) is 0 Å². The molecule has 0 spiro atoms. The molecule has 1 amide bonds. The van der Waals surface area contributed by atoms with Crippen LogP contribution in [0.4, 0.5) is 5.82 Å². The number of sulfonamides is 1. The van der Waals surface area contributed by atoms with E-state index in [2.05, 4.69) is 4.98 Å². The van der Waals surface area contributed by atoms with Crippen LogP contribution in [0.15, 0.2) is 41.4 Å². The maximum Gasteiger partial charge on any atom is 0.406 e. The lowest BCUT2D eigenvalue weighted by molar-refractivity contribution is -0.390. The quantitative estimate of drug-likeness (QED) is 0.445. The highest BCUT2D eigenvalue weighted by atomic mass is 32.2. The SMILES string of the molecule is O=C(COc1cccnc1[N+](=O)[O-])N1CCN(S(=O)(=O)c2ccc3c(c2)OCCO3)CC1. The van der Waals surface area contributed by atoms with Gasteiger partial charge in [-0.3, -0.25) is 4.79 Å². The lowest BCUT2D eigenvalue weighted by atomic mass is 10.3. The standard InChI is InChI=1S/C19H20N4O8S/c24-18(13-31-16-2-1-5-20-19(16)23(25)26)21-6-8-22(9-7-21)32(27,28)14-3-4-15-17(12-14)30-11-10-29-15/h1-5,12H,6-11,13H2. The van der Waals surface area contributed by atoms with Crippen molar-refractivity contribution in [1.82, 2.24) is 14.2 Å². The minimum atomic E-state index is -3.77. The second-order valence-electron chi connectivity index (χ2n) is 6.96. The molecule has 0 radical (unpaired) electrons. The number of piperazine rings is 1. The van der Waals surface area contributed by atoms with Crippen LogP contribution < -0.4 is 14.2 Å². The van der Waals surface area contributed by atoms with Gasteiger partial charge >= 0.3 is 5.82 Å². The Morgan fingerprint density at radius 2 is 1.84 bits per heavy atom. The maximum absolute atomic E-state index is 13.0. The van der Waals surface area contributed by atoms with Crippen molar-refractivity contribution >= 4 is 21.7 Å². The van der Waals surface area contributed by atoms with Crippen LogP contribution in [0.2, 0.25) is 0 Å². The summed E-state index contributed by atoms with van der Waals surface area (Å²) in [5, 5.41) is 11.0. The second-order valence-corrected chi connectivity index (χ2v) is 8.90. The Kier molecular flexibility index (Phi) is 6.10. The molecule has 0 bridgehead atoms. The first-order valence-electron chi connectivity index (χ1n) is 9.76. The summed E-state index contributed by atoms with van der Waals surface area (Å²) in [5.41, 5.74) is 0. The Morgan fingerprint density at radius 1 is 1.12 bits per heavy atom. The average Bonchev–Trinajstić information content (AvgIpc) is 2.82. The molecule has 0 atom stereocenters. The van der Waals surface area contributed by atoms with Crippen molar-refractivity contribution in [3.05, 3.63) is 46.6 Å². The number of rotatable bonds is 6. The minimum absolute atomic E-state index is 0.0914. The fourth-order valence-electron chi connectivity index (χ4n) is 3.37. The summed E-state index contributed by atoms with van der Waals surface area (Å²) in [6.07, 6.45) is 1.26. The molecule has 2 aliphatic heterocycles.